The number of phenols is 1. The van der Waals surface area contributed by atoms with Gasteiger partial charge in [-0.15, -0.1) is 11.3 Å². The first-order valence-electron chi connectivity index (χ1n) is 4.75. The number of benzene rings is 1. The minimum Gasteiger partial charge on any atom is -0.508 e. The van der Waals surface area contributed by atoms with Gasteiger partial charge in [-0.05, 0) is 36.1 Å². The number of thiophene rings is 1. The van der Waals surface area contributed by atoms with Crippen molar-refractivity contribution in [2.45, 2.75) is 6.92 Å². The first kappa shape index (κ1) is 10.1. The SMILES string of the molecule is Cc1ccc(N(C)c2cccs2)cc1O. The average molecular weight is 219 g/mol. The Kier molecular flexibility index (Phi) is 2.64. The lowest BCUT2D eigenvalue weighted by Crippen LogP contribution is -2.07. The smallest absolute Gasteiger partial charge is 0.120 e. The molecule has 0 aliphatic rings. The van der Waals surface area contributed by atoms with E-state index in [0.717, 1.165) is 11.3 Å². The second-order valence-electron chi connectivity index (χ2n) is 3.48. The van der Waals surface area contributed by atoms with Crippen LogP contribution in [-0.2, 0) is 0 Å². The molecule has 1 aromatic carbocycles. The molecule has 1 heterocycles. The first-order valence-corrected chi connectivity index (χ1v) is 5.63. The molecule has 2 nitrogen and oxygen atoms in total. The molecule has 3 heteroatoms. The molecule has 0 saturated carbocycles. The molecule has 1 aromatic heterocycles. The maximum absolute atomic E-state index is 9.62. The molecule has 1 N–H and O–H groups in total. The number of hydrogen-bond acceptors (Lipinski definition) is 3. The zero-order valence-electron chi connectivity index (χ0n) is 8.77. The topological polar surface area (TPSA) is 23.5 Å². The Morgan fingerprint density at radius 3 is 2.67 bits per heavy atom. The van der Waals surface area contributed by atoms with Crippen molar-refractivity contribution in [3.63, 3.8) is 0 Å². The molecule has 15 heavy (non-hydrogen) atoms. The summed E-state index contributed by atoms with van der Waals surface area (Å²) in [7, 11) is 2.00. The fraction of sp³-hybridized carbons (Fsp3) is 0.167. The van der Waals surface area contributed by atoms with Crippen LogP contribution in [0.5, 0.6) is 5.75 Å². The van der Waals surface area contributed by atoms with E-state index in [2.05, 4.69) is 11.0 Å². The molecule has 0 unspecified atom stereocenters. The third kappa shape index (κ3) is 1.97. The Morgan fingerprint density at radius 1 is 1.27 bits per heavy atom. The number of anilines is 2. The Hall–Kier alpha value is -1.48. The van der Waals surface area contributed by atoms with Gasteiger partial charge in [0.15, 0.2) is 0 Å². The fourth-order valence-electron chi connectivity index (χ4n) is 1.39. The molecule has 0 saturated heterocycles. The van der Waals surface area contributed by atoms with Crippen LogP contribution in [0.4, 0.5) is 10.7 Å². The summed E-state index contributed by atoms with van der Waals surface area (Å²) < 4.78 is 0. The summed E-state index contributed by atoms with van der Waals surface area (Å²) in [6.07, 6.45) is 0. The molecule has 0 fully saturated rings. The summed E-state index contributed by atoms with van der Waals surface area (Å²) in [6, 6.07) is 9.80. The van der Waals surface area contributed by atoms with Crippen LogP contribution in [0.3, 0.4) is 0 Å². The lowest BCUT2D eigenvalue weighted by Gasteiger charge is -2.17. The molecule has 2 rings (SSSR count). The molecule has 0 bridgehead atoms. The van der Waals surface area contributed by atoms with Crippen LogP contribution in [0.1, 0.15) is 5.56 Å². The van der Waals surface area contributed by atoms with Crippen LogP contribution in [-0.4, -0.2) is 12.2 Å². The van der Waals surface area contributed by atoms with Crippen molar-refractivity contribution in [3.8, 4) is 5.75 Å². The monoisotopic (exact) mass is 219 g/mol. The van der Waals surface area contributed by atoms with Gasteiger partial charge in [0.1, 0.15) is 5.75 Å². The summed E-state index contributed by atoms with van der Waals surface area (Å²) in [6.45, 7) is 1.89. The van der Waals surface area contributed by atoms with Gasteiger partial charge in [0.2, 0.25) is 0 Å². The number of phenolic OH excluding ortho intramolecular Hbond substituents is 1. The normalized spacial score (nSPS) is 10.3. The first-order chi connectivity index (χ1) is 7.18. The number of nitrogens with zero attached hydrogens (tertiary/aromatic N) is 1. The van der Waals surface area contributed by atoms with Crippen LogP contribution in [0, 0.1) is 6.92 Å². The minimum atomic E-state index is 0.343. The van der Waals surface area contributed by atoms with E-state index in [-0.39, 0.29) is 0 Å². The fourth-order valence-corrected chi connectivity index (χ4v) is 2.11. The molecule has 0 aliphatic heterocycles. The van der Waals surface area contributed by atoms with Gasteiger partial charge in [0.05, 0.1) is 5.00 Å². The van der Waals surface area contributed by atoms with Gasteiger partial charge in [0, 0.05) is 18.8 Å². The summed E-state index contributed by atoms with van der Waals surface area (Å²) in [4.78, 5) is 2.06. The molecule has 2 aromatic rings. The minimum absolute atomic E-state index is 0.343. The highest BCUT2D eigenvalue weighted by atomic mass is 32.1. The molecular weight excluding hydrogens is 206 g/mol. The Balaban J connectivity index is 2.34. The van der Waals surface area contributed by atoms with Crippen molar-refractivity contribution >= 4 is 22.0 Å². The van der Waals surface area contributed by atoms with E-state index in [9.17, 15) is 5.11 Å². The average Bonchev–Trinajstić information content (AvgIpc) is 2.74. The van der Waals surface area contributed by atoms with Gasteiger partial charge in [0.25, 0.3) is 0 Å². The van der Waals surface area contributed by atoms with E-state index in [1.807, 2.05) is 37.6 Å². The number of rotatable bonds is 2. The molecule has 78 valence electrons. The highest BCUT2D eigenvalue weighted by Crippen LogP contribution is 2.30. The Morgan fingerprint density at radius 2 is 2.07 bits per heavy atom. The van der Waals surface area contributed by atoms with Crippen LogP contribution >= 0.6 is 11.3 Å². The van der Waals surface area contributed by atoms with Crippen molar-refractivity contribution in [2.75, 3.05) is 11.9 Å². The van der Waals surface area contributed by atoms with Crippen molar-refractivity contribution in [3.05, 3.63) is 41.3 Å². The lowest BCUT2D eigenvalue weighted by atomic mass is 10.2. The zero-order chi connectivity index (χ0) is 10.8. The highest BCUT2D eigenvalue weighted by molar-refractivity contribution is 7.14. The van der Waals surface area contributed by atoms with Gasteiger partial charge < -0.3 is 10.0 Å². The summed E-state index contributed by atoms with van der Waals surface area (Å²) >= 11 is 1.68. The molecule has 0 radical (unpaired) electrons. The largest absolute Gasteiger partial charge is 0.508 e. The number of hydrogen-bond donors (Lipinski definition) is 1. The van der Waals surface area contributed by atoms with Crippen LogP contribution in [0.15, 0.2) is 35.7 Å². The second kappa shape index (κ2) is 3.95. The van der Waals surface area contributed by atoms with E-state index in [1.165, 1.54) is 5.00 Å². The third-order valence-corrected chi connectivity index (χ3v) is 3.36. The van der Waals surface area contributed by atoms with E-state index in [1.54, 1.807) is 17.4 Å². The Labute approximate surface area is 93.4 Å². The molecule has 0 amide bonds. The van der Waals surface area contributed by atoms with Gasteiger partial charge in [-0.1, -0.05) is 6.07 Å². The maximum atomic E-state index is 9.62. The van der Waals surface area contributed by atoms with E-state index >= 15 is 0 Å². The molecule has 0 atom stereocenters. The summed E-state index contributed by atoms with van der Waals surface area (Å²) in [5, 5.41) is 12.8. The van der Waals surface area contributed by atoms with Crippen LogP contribution < -0.4 is 4.90 Å². The van der Waals surface area contributed by atoms with Crippen molar-refractivity contribution in [1.29, 1.82) is 0 Å². The maximum Gasteiger partial charge on any atom is 0.120 e. The summed E-state index contributed by atoms with van der Waals surface area (Å²) in [5.74, 6) is 0.343. The van der Waals surface area contributed by atoms with Crippen LogP contribution in [0.2, 0.25) is 0 Å². The van der Waals surface area contributed by atoms with Gasteiger partial charge in [-0.3, -0.25) is 0 Å². The van der Waals surface area contributed by atoms with E-state index in [0.29, 0.717) is 5.75 Å². The van der Waals surface area contributed by atoms with Crippen LogP contribution in [0.25, 0.3) is 0 Å². The summed E-state index contributed by atoms with van der Waals surface area (Å²) in [5.41, 5.74) is 1.90. The zero-order valence-corrected chi connectivity index (χ0v) is 9.58. The van der Waals surface area contributed by atoms with Gasteiger partial charge in [-0.2, -0.15) is 0 Å². The molecule has 0 spiro atoms. The van der Waals surface area contributed by atoms with Crippen molar-refractivity contribution in [2.24, 2.45) is 0 Å². The van der Waals surface area contributed by atoms with E-state index in [4.69, 9.17) is 0 Å². The van der Waals surface area contributed by atoms with Crippen molar-refractivity contribution in [1.82, 2.24) is 0 Å². The quantitative estimate of drug-likeness (QED) is 0.835. The van der Waals surface area contributed by atoms with Gasteiger partial charge >= 0.3 is 0 Å². The molecular formula is C12H13NOS. The highest BCUT2D eigenvalue weighted by Gasteiger charge is 2.06. The van der Waals surface area contributed by atoms with Gasteiger partial charge in [-0.25, -0.2) is 0 Å². The number of aryl methyl sites for hydroxylation is 1. The van der Waals surface area contributed by atoms with Crippen molar-refractivity contribution < 1.29 is 5.11 Å². The second-order valence-corrected chi connectivity index (χ2v) is 4.41. The predicted molar refractivity (Wildman–Crippen MR) is 65.2 cm³/mol. The lowest BCUT2D eigenvalue weighted by molar-refractivity contribution is 0.471. The predicted octanol–water partition coefficient (Wildman–Crippen LogP) is 3.53. The molecule has 0 aliphatic carbocycles. The Bertz CT molecular complexity index is 451. The number of aromatic hydroxyl groups is 1. The standard InChI is InChI=1S/C12H13NOS/c1-9-5-6-10(8-11(9)14)13(2)12-4-3-7-15-12/h3-8,14H,1-2H3. The third-order valence-electron chi connectivity index (χ3n) is 2.42. The van der Waals surface area contributed by atoms with E-state index < -0.39 is 0 Å².